The van der Waals surface area contributed by atoms with Gasteiger partial charge in [-0.3, -0.25) is 4.79 Å². The Morgan fingerprint density at radius 1 is 1.29 bits per heavy atom. The van der Waals surface area contributed by atoms with Gasteiger partial charge in [0.15, 0.2) is 0 Å². The van der Waals surface area contributed by atoms with E-state index in [1.54, 1.807) is 6.07 Å². The number of likely N-dealkylation sites (tertiary alicyclic amines) is 1. The van der Waals surface area contributed by atoms with E-state index < -0.39 is 0 Å². The van der Waals surface area contributed by atoms with Crippen LogP contribution in [0, 0.1) is 0 Å². The van der Waals surface area contributed by atoms with E-state index in [-0.39, 0.29) is 6.10 Å². The monoisotopic (exact) mass is 282 g/mol. The van der Waals surface area contributed by atoms with Crippen LogP contribution in [0.15, 0.2) is 42.5 Å². The number of aldehydes is 1. The molecule has 4 heteroatoms. The van der Waals surface area contributed by atoms with Crippen molar-refractivity contribution in [2.45, 2.75) is 12.5 Å². The first-order valence-electron chi connectivity index (χ1n) is 7.12. The fraction of sp³-hybridized carbons (Fsp3) is 0.294. The van der Waals surface area contributed by atoms with Crippen molar-refractivity contribution in [1.29, 1.82) is 0 Å². The van der Waals surface area contributed by atoms with E-state index in [2.05, 4.69) is 16.9 Å². The Balaban J connectivity index is 1.80. The molecule has 0 amide bonds. The maximum absolute atomic E-state index is 10.9. The first-order chi connectivity index (χ1) is 10.2. The SMILES string of the molecule is CN1CC[C@@H](Oc2cccc(-c3cccc(C=O)c3)n2)C1. The van der Waals surface area contributed by atoms with Crippen molar-refractivity contribution in [2.75, 3.05) is 20.1 Å². The van der Waals surface area contributed by atoms with Gasteiger partial charge in [0.25, 0.3) is 0 Å². The largest absolute Gasteiger partial charge is 0.473 e. The van der Waals surface area contributed by atoms with Gasteiger partial charge >= 0.3 is 0 Å². The molecule has 21 heavy (non-hydrogen) atoms. The van der Waals surface area contributed by atoms with Gasteiger partial charge in [-0.15, -0.1) is 0 Å². The molecular formula is C17H18N2O2. The smallest absolute Gasteiger partial charge is 0.214 e. The lowest BCUT2D eigenvalue weighted by Gasteiger charge is -2.13. The minimum atomic E-state index is 0.207. The number of benzene rings is 1. The summed E-state index contributed by atoms with van der Waals surface area (Å²) in [6, 6.07) is 13.2. The van der Waals surface area contributed by atoms with Gasteiger partial charge in [0.1, 0.15) is 12.4 Å². The number of pyridine rings is 1. The third kappa shape index (κ3) is 3.28. The standard InChI is InChI=1S/C17H18N2O2/c1-19-9-8-15(11-19)21-17-7-3-6-16(18-17)14-5-2-4-13(10-14)12-20/h2-7,10,12,15H,8-9,11H2,1H3/t15-/m1/s1. The Morgan fingerprint density at radius 2 is 2.14 bits per heavy atom. The summed E-state index contributed by atoms with van der Waals surface area (Å²) in [7, 11) is 2.10. The van der Waals surface area contributed by atoms with Gasteiger partial charge in [0.2, 0.25) is 5.88 Å². The molecule has 3 rings (SSSR count). The van der Waals surface area contributed by atoms with E-state index in [1.807, 2.05) is 36.4 Å². The van der Waals surface area contributed by atoms with E-state index in [9.17, 15) is 4.79 Å². The summed E-state index contributed by atoms with van der Waals surface area (Å²) in [5.74, 6) is 0.643. The summed E-state index contributed by atoms with van der Waals surface area (Å²) in [5, 5.41) is 0. The Bertz CT molecular complexity index is 642. The Kier molecular flexibility index (Phi) is 3.97. The van der Waals surface area contributed by atoms with Crippen LogP contribution in [0.2, 0.25) is 0 Å². The van der Waals surface area contributed by atoms with Gasteiger partial charge in [0.05, 0.1) is 5.69 Å². The van der Waals surface area contributed by atoms with Gasteiger partial charge in [-0.1, -0.05) is 24.3 Å². The van der Waals surface area contributed by atoms with Crippen LogP contribution in [0.4, 0.5) is 0 Å². The van der Waals surface area contributed by atoms with Crippen molar-refractivity contribution in [3.8, 4) is 17.1 Å². The number of aromatic nitrogens is 1. The molecule has 1 aliphatic heterocycles. The Morgan fingerprint density at radius 3 is 2.90 bits per heavy atom. The topological polar surface area (TPSA) is 42.4 Å². The van der Waals surface area contributed by atoms with E-state index in [4.69, 9.17) is 4.74 Å². The maximum Gasteiger partial charge on any atom is 0.214 e. The number of ether oxygens (including phenoxy) is 1. The van der Waals surface area contributed by atoms with Crippen LogP contribution in [0.25, 0.3) is 11.3 Å². The zero-order valence-corrected chi connectivity index (χ0v) is 12.0. The fourth-order valence-electron chi connectivity index (χ4n) is 2.57. The number of nitrogens with zero attached hydrogens (tertiary/aromatic N) is 2. The molecule has 1 fully saturated rings. The number of carbonyl (C=O) groups is 1. The molecule has 0 unspecified atom stereocenters. The molecule has 1 aliphatic rings. The van der Waals surface area contributed by atoms with E-state index in [1.165, 1.54) is 0 Å². The molecular weight excluding hydrogens is 264 g/mol. The van der Waals surface area contributed by atoms with Crippen molar-refractivity contribution in [2.24, 2.45) is 0 Å². The zero-order valence-electron chi connectivity index (χ0n) is 12.0. The average Bonchev–Trinajstić information content (AvgIpc) is 2.93. The van der Waals surface area contributed by atoms with Crippen molar-refractivity contribution >= 4 is 6.29 Å². The molecule has 0 spiro atoms. The molecule has 108 valence electrons. The minimum absolute atomic E-state index is 0.207. The lowest BCUT2D eigenvalue weighted by Crippen LogP contribution is -2.21. The highest BCUT2D eigenvalue weighted by molar-refractivity contribution is 5.78. The fourth-order valence-corrected chi connectivity index (χ4v) is 2.57. The normalized spacial score (nSPS) is 18.6. The summed E-state index contributed by atoms with van der Waals surface area (Å²) in [4.78, 5) is 17.7. The van der Waals surface area contributed by atoms with Crippen LogP contribution < -0.4 is 4.74 Å². The first kappa shape index (κ1) is 13.8. The molecule has 0 N–H and O–H groups in total. The quantitative estimate of drug-likeness (QED) is 0.809. The molecule has 4 nitrogen and oxygen atoms in total. The van der Waals surface area contributed by atoms with Gasteiger partial charge in [-0.2, -0.15) is 0 Å². The van der Waals surface area contributed by atoms with E-state index in [0.717, 1.165) is 37.1 Å². The van der Waals surface area contributed by atoms with Gasteiger partial charge in [0, 0.05) is 30.3 Å². The van der Waals surface area contributed by atoms with Crippen LogP contribution in [0.3, 0.4) is 0 Å². The highest BCUT2D eigenvalue weighted by Gasteiger charge is 2.21. The number of carbonyl (C=O) groups excluding carboxylic acids is 1. The van der Waals surface area contributed by atoms with Gasteiger partial charge in [-0.25, -0.2) is 4.98 Å². The van der Waals surface area contributed by atoms with Crippen LogP contribution in [-0.2, 0) is 0 Å². The van der Waals surface area contributed by atoms with E-state index in [0.29, 0.717) is 11.4 Å². The second kappa shape index (κ2) is 6.06. The third-order valence-corrected chi connectivity index (χ3v) is 3.68. The predicted octanol–water partition coefficient (Wildman–Crippen LogP) is 2.64. The van der Waals surface area contributed by atoms with E-state index >= 15 is 0 Å². The zero-order chi connectivity index (χ0) is 14.7. The summed E-state index contributed by atoms with van der Waals surface area (Å²) in [6.45, 7) is 2.00. The van der Waals surface area contributed by atoms with Crippen LogP contribution >= 0.6 is 0 Å². The Labute approximate surface area is 124 Å². The first-order valence-corrected chi connectivity index (χ1v) is 7.12. The lowest BCUT2D eigenvalue weighted by molar-refractivity contribution is 0.112. The van der Waals surface area contributed by atoms with Crippen molar-refractivity contribution in [1.82, 2.24) is 9.88 Å². The second-order valence-corrected chi connectivity index (χ2v) is 5.40. The number of rotatable bonds is 4. The molecule has 1 saturated heterocycles. The van der Waals surface area contributed by atoms with Gasteiger partial charge < -0.3 is 9.64 Å². The highest BCUT2D eigenvalue weighted by Crippen LogP contribution is 2.22. The number of likely N-dealkylation sites (N-methyl/N-ethyl adjacent to an activating group) is 1. The van der Waals surface area contributed by atoms with Crippen LogP contribution in [-0.4, -0.2) is 42.4 Å². The van der Waals surface area contributed by atoms with Crippen LogP contribution in [0.1, 0.15) is 16.8 Å². The van der Waals surface area contributed by atoms with Crippen LogP contribution in [0.5, 0.6) is 5.88 Å². The molecule has 0 aliphatic carbocycles. The Hall–Kier alpha value is -2.20. The summed E-state index contributed by atoms with van der Waals surface area (Å²) >= 11 is 0. The highest BCUT2D eigenvalue weighted by atomic mass is 16.5. The third-order valence-electron chi connectivity index (χ3n) is 3.68. The molecule has 2 aromatic rings. The predicted molar refractivity (Wildman–Crippen MR) is 81.6 cm³/mol. The molecule has 0 bridgehead atoms. The molecule has 0 saturated carbocycles. The average molecular weight is 282 g/mol. The molecule has 1 aromatic heterocycles. The van der Waals surface area contributed by atoms with Crippen molar-refractivity contribution < 1.29 is 9.53 Å². The molecule has 1 atom stereocenters. The maximum atomic E-state index is 10.9. The number of hydrogen-bond acceptors (Lipinski definition) is 4. The van der Waals surface area contributed by atoms with Crippen molar-refractivity contribution in [3.63, 3.8) is 0 Å². The minimum Gasteiger partial charge on any atom is -0.473 e. The molecule has 0 radical (unpaired) electrons. The lowest BCUT2D eigenvalue weighted by atomic mass is 10.1. The van der Waals surface area contributed by atoms with Crippen molar-refractivity contribution in [3.05, 3.63) is 48.0 Å². The molecule has 2 heterocycles. The molecule has 1 aromatic carbocycles. The summed E-state index contributed by atoms with van der Waals surface area (Å²) in [5.41, 5.74) is 2.40. The van der Waals surface area contributed by atoms with Gasteiger partial charge in [-0.05, 0) is 25.6 Å². The summed E-state index contributed by atoms with van der Waals surface area (Å²) in [6.07, 6.45) is 2.08. The number of hydrogen-bond donors (Lipinski definition) is 0. The summed E-state index contributed by atoms with van der Waals surface area (Å²) < 4.78 is 5.94. The second-order valence-electron chi connectivity index (χ2n) is 5.40.